The van der Waals surface area contributed by atoms with Gasteiger partial charge in [-0.05, 0) is 12.1 Å². The number of nitrogens with zero attached hydrogens (tertiary/aromatic N) is 2. The fourth-order valence-corrected chi connectivity index (χ4v) is 2.06. The van der Waals surface area contributed by atoms with Crippen LogP contribution in [0.3, 0.4) is 0 Å². The zero-order valence-electron chi connectivity index (χ0n) is 9.62. The second-order valence-corrected chi connectivity index (χ2v) is 4.05. The van der Waals surface area contributed by atoms with E-state index in [1.165, 1.54) is 6.07 Å². The van der Waals surface area contributed by atoms with Crippen LogP contribution in [0.1, 0.15) is 10.5 Å². The molecule has 2 heterocycles. The molecule has 2 aromatic heterocycles. The average Bonchev–Trinajstić information content (AvgIpc) is 2.96. The molecule has 0 spiro atoms. The summed E-state index contributed by atoms with van der Waals surface area (Å²) in [4.78, 5) is 10.8. The van der Waals surface area contributed by atoms with Gasteiger partial charge in [0.1, 0.15) is 0 Å². The molecular weight excluding hydrogens is 232 g/mol. The first-order valence-corrected chi connectivity index (χ1v) is 5.41. The maximum absolute atomic E-state index is 10.8. The van der Waals surface area contributed by atoms with Crippen LogP contribution >= 0.6 is 0 Å². The SMILES string of the molecule is Cn1ccc2cccc(-c3cc(C(=O)O)no3)c21. The van der Waals surface area contributed by atoms with Crippen molar-refractivity contribution in [1.29, 1.82) is 0 Å². The summed E-state index contributed by atoms with van der Waals surface area (Å²) in [7, 11) is 1.93. The lowest BCUT2D eigenvalue weighted by atomic mass is 10.1. The average molecular weight is 242 g/mol. The second kappa shape index (κ2) is 3.73. The zero-order chi connectivity index (χ0) is 12.7. The Balaban J connectivity index is 2.24. The van der Waals surface area contributed by atoms with E-state index in [-0.39, 0.29) is 5.69 Å². The van der Waals surface area contributed by atoms with Crippen LogP contribution in [-0.2, 0) is 7.05 Å². The molecule has 1 aromatic carbocycles. The number of aryl methyl sites for hydroxylation is 1. The summed E-state index contributed by atoms with van der Waals surface area (Å²) in [6.45, 7) is 0. The number of carbonyl (C=O) groups is 1. The number of benzene rings is 1. The predicted octanol–water partition coefficient (Wildman–Crippen LogP) is 2.53. The summed E-state index contributed by atoms with van der Waals surface area (Å²) in [5, 5.41) is 13.4. The number of hydrogen-bond donors (Lipinski definition) is 1. The Morgan fingerprint density at radius 3 is 2.94 bits per heavy atom. The monoisotopic (exact) mass is 242 g/mol. The van der Waals surface area contributed by atoms with Gasteiger partial charge in [-0.1, -0.05) is 17.3 Å². The molecule has 3 aromatic rings. The van der Waals surface area contributed by atoms with E-state index in [9.17, 15) is 4.79 Å². The molecule has 0 aliphatic carbocycles. The van der Waals surface area contributed by atoms with Gasteiger partial charge in [0.15, 0.2) is 11.5 Å². The topological polar surface area (TPSA) is 68.3 Å². The third-order valence-corrected chi connectivity index (χ3v) is 2.89. The maximum Gasteiger partial charge on any atom is 0.358 e. The first-order valence-electron chi connectivity index (χ1n) is 5.41. The number of aromatic nitrogens is 2. The number of carboxylic acid groups (broad SMARTS) is 1. The van der Waals surface area contributed by atoms with Gasteiger partial charge in [-0.3, -0.25) is 0 Å². The molecule has 90 valence electrons. The van der Waals surface area contributed by atoms with E-state index in [0.717, 1.165) is 16.5 Å². The summed E-state index contributed by atoms with van der Waals surface area (Å²) in [6, 6.07) is 9.21. The third kappa shape index (κ3) is 1.48. The number of carboxylic acids is 1. The van der Waals surface area contributed by atoms with Crippen molar-refractivity contribution >= 4 is 16.9 Å². The van der Waals surface area contributed by atoms with Crippen LogP contribution in [0.25, 0.3) is 22.2 Å². The minimum atomic E-state index is -1.09. The van der Waals surface area contributed by atoms with Gasteiger partial charge < -0.3 is 14.2 Å². The molecule has 0 saturated heterocycles. The molecule has 0 aliphatic rings. The Labute approximate surface area is 102 Å². The summed E-state index contributed by atoms with van der Waals surface area (Å²) in [6.07, 6.45) is 1.95. The number of hydrogen-bond acceptors (Lipinski definition) is 3. The lowest BCUT2D eigenvalue weighted by Crippen LogP contribution is -1.94. The highest BCUT2D eigenvalue weighted by molar-refractivity contribution is 5.94. The van der Waals surface area contributed by atoms with Crippen LogP contribution in [0.4, 0.5) is 0 Å². The molecular formula is C13H10N2O3. The van der Waals surface area contributed by atoms with E-state index in [0.29, 0.717) is 5.76 Å². The van der Waals surface area contributed by atoms with Crippen LogP contribution in [-0.4, -0.2) is 20.8 Å². The lowest BCUT2D eigenvalue weighted by molar-refractivity contribution is 0.0686. The molecule has 3 rings (SSSR count). The summed E-state index contributed by atoms with van der Waals surface area (Å²) in [5.74, 6) is -0.635. The normalized spacial score (nSPS) is 10.9. The fourth-order valence-electron chi connectivity index (χ4n) is 2.06. The van der Waals surface area contributed by atoms with Crippen molar-refractivity contribution in [2.45, 2.75) is 0 Å². The standard InChI is InChI=1S/C13H10N2O3/c1-15-6-5-8-3-2-4-9(12(8)15)11-7-10(13(16)17)14-18-11/h2-7H,1H3,(H,16,17). The van der Waals surface area contributed by atoms with Crippen molar-refractivity contribution in [2.24, 2.45) is 7.05 Å². The van der Waals surface area contributed by atoms with Crippen molar-refractivity contribution in [2.75, 3.05) is 0 Å². The van der Waals surface area contributed by atoms with Gasteiger partial charge in [0.25, 0.3) is 0 Å². The highest BCUT2D eigenvalue weighted by atomic mass is 16.5. The molecule has 0 atom stereocenters. The zero-order valence-corrected chi connectivity index (χ0v) is 9.62. The van der Waals surface area contributed by atoms with Crippen LogP contribution < -0.4 is 0 Å². The van der Waals surface area contributed by atoms with E-state index >= 15 is 0 Å². The molecule has 0 aliphatic heterocycles. The largest absolute Gasteiger partial charge is 0.476 e. The Bertz CT molecular complexity index is 740. The Hall–Kier alpha value is -2.56. The highest BCUT2D eigenvalue weighted by Gasteiger charge is 2.15. The smallest absolute Gasteiger partial charge is 0.358 e. The molecule has 18 heavy (non-hydrogen) atoms. The van der Waals surface area contributed by atoms with Gasteiger partial charge in [-0.15, -0.1) is 0 Å². The van der Waals surface area contributed by atoms with Crippen LogP contribution in [0, 0.1) is 0 Å². The first-order chi connectivity index (χ1) is 8.66. The molecule has 0 radical (unpaired) electrons. The number of para-hydroxylation sites is 1. The van der Waals surface area contributed by atoms with Crippen LogP contribution in [0.5, 0.6) is 0 Å². The van der Waals surface area contributed by atoms with Crippen molar-refractivity contribution in [1.82, 2.24) is 9.72 Å². The maximum atomic E-state index is 10.8. The summed E-state index contributed by atoms with van der Waals surface area (Å²) >= 11 is 0. The van der Waals surface area contributed by atoms with E-state index < -0.39 is 5.97 Å². The van der Waals surface area contributed by atoms with Gasteiger partial charge in [-0.2, -0.15) is 0 Å². The van der Waals surface area contributed by atoms with Crippen molar-refractivity contribution in [3.8, 4) is 11.3 Å². The highest BCUT2D eigenvalue weighted by Crippen LogP contribution is 2.29. The second-order valence-electron chi connectivity index (χ2n) is 4.05. The number of fused-ring (bicyclic) bond motifs is 1. The molecule has 0 fully saturated rings. The summed E-state index contributed by atoms with van der Waals surface area (Å²) < 4.78 is 7.07. The van der Waals surface area contributed by atoms with Crippen LogP contribution in [0.2, 0.25) is 0 Å². The van der Waals surface area contributed by atoms with Gasteiger partial charge in [0.05, 0.1) is 5.52 Å². The Kier molecular flexibility index (Phi) is 2.19. The molecule has 5 heteroatoms. The van der Waals surface area contributed by atoms with Gasteiger partial charge in [0.2, 0.25) is 0 Å². The van der Waals surface area contributed by atoms with E-state index in [1.807, 2.05) is 42.1 Å². The van der Waals surface area contributed by atoms with Crippen molar-refractivity contribution < 1.29 is 14.4 Å². The quantitative estimate of drug-likeness (QED) is 0.749. The number of rotatable bonds is 2. The van der Waals surface area contributed by atoms with Crippen molar-refractivity contribution in [3.63, 3.8) is 0 Å². The van der Waals surface area contributed by atoms with E-state index in [1.54, 1.807) is 0 Å². The minimum absolute atomic E-state index is 0.0868. The predicted molar refractivity (Wildman–Crippen MR) is 65.4 cm³/mol. The Morgan fingerprint density at radius 2 is 2.22 bits per heavy atom. The molecule has 0 saturated carbocycles. The minimum Gasteiger partial charge on any atom is -0.476 e. The fraction of sp³-hybridized carbons (Fsp3) is 0.0769. The van der Waals surface area contributed by atoms with E-state index in [4.69, 9.17) is 9.63 Å². The molecule has 1 N–H and O–H groups in total. The molecule has 0 bridgehead atoms. The summed E-state index contributed by atoms with van der Waals surface area (Å²) in [5.41, 5.74) is 1.74. The van der Waals surface area contributed by atoms with Crippen molar-refractivity contribution in [3.05, 3.63) is 42.2 Å². The third-order valence-electron chi connectivity index (χ3n) is 2.89. The lowest BCUT2D eigenvalue weighted by Gasteiger charge is -2.02. The van der Waals surface area contributed by atoms with Gasteiger partial charge >= 0.3 is 5.97 Å². The van der Waals surface area contributed by atoms with Gasteiger partial charge in [0, 0.05) is 30.3 Å². The van der Waals surface area contributed by atoms with Gasteiger partial charge in [-0.25, -0.2) is 4.79 Å². The first kappa shape index (κ1) is 10.6. The molecule has 0 unspecified atom stereocenters. The number of aromatic carboxylic acids is 1. The van der Waals surface area contributed by atoms with Crippen LogP contribution in [0.15, 0.2) is 41.1 Å². The Morgan fingerprint density at radius 1 is 1.39 bits per heavy atom. The van der Waals surface area contributed by atoms with E-state index in [2.05, 4.69) is 5.16 Å². The molecule has 0 amide bonds. The molecule has 5 nitrogen and oxygen atoms in total.